The Morgan fingerprint density at radius 3 is 2.38 bits per heavy atom. The molecule has 0 unspecified atom stereocenters. The maximum Gasteiger partial charge on any atom is 0.324 e. The number of aromatic nitrogens is 1. The molecule has 4 amide bonds. The van der Waals surface area contributed by atoms with Gasteiger partial charge in [0.25, 0.3) is 5.91 Å². The van der Waals surface area contributed by atoms with Crippen molar-refractivity contribution in [3.63, 3.8) is 0 Å². The predicted molar refractivity (Wildman–Crippen MR) is 118 cm³/mol. The first-order valence-electron chi connectivity index (χ1n) is 9.58. The molecular weight excluding hydrogens is 464 g/mol. The summed E-state index contributed by atoms with van der Waals surface area (Å²) in [6, 6.07) is 9.68. The molecular formula is C20H20ClF2N5O3S. The fraction of sp³-hybridized carbons (Fsp3) is 0.300. The number of benzene rings is 1. The SMILES string of the molecule is O=C(NNC(=O)C(F)F)c1ccc(CN(C(=O)N2CCSCC2)c2ccc(Cl)cc2)nc1. The number of hydrazine groups is 1. The van der Waals surface area contributed by atoms with E-state index >= 15 is 0 Å². The van der Waals surface area contributed by atoms with Crippen molar-refractivity contribution in [2.75, 3.05) is 29.5 Å². The van der Waals surface area contributed by atoms with Crippen molar-refractivity contribution >= 4 is 46.9 Å². The summed E-state index contributed by atoms with van der Waals surface area (Å²) >= 11 is 7.77. The first kappa shape index (κ1) is 23.7. The molecule has 1 aromatic heterocycles. The van der Waals surface area contributed by atoms with E-state index in [0.29, 0.717) is 29.5 Å². The molecule has 1 saturated heterocycles. The topological polar surface area (TPSA) is 94.6 Å². The van der Waals surface area contributed by atoms with Crippen LogP contribution in [-0.2, 0) is 11.3 Å². The summed E-state index contributed by atoms with van der Waals surface area (Å²) in [5.74, 6) is -0.681. The van der Waals surface area contributed by atoms with Gasteiger partial charge in [0.15, 0.2) is 0 Å². The van der Waals surface area contributed by atoms with Crippen molar-refractivity contribution in [1.29, 1.82) is 0 Å². The molecule has 0 atom stereocenters. The number of thioether (sulfide) groups is 1. The van der Waals surface area contributed by atoms with Gasteiger partial charge in [0.05, 0.1) is 17.8 Å². The van der Waals surface area contributed by atoms with E-state index in [4.69, 9.17) is 11.6 Å². The van der Waals surface area contributed by atoms with Gasteiger partial charge in [0, 0.05) is 41.5 Å². The van der Waals surface area contributed by atoms with Crippen LogP contribution in [0, 0.1) is 0 Å². The summed E-state index contributed by atoms with van der Waals surface area (Å²) < 4.78 is 24.4. The van der Waals surface area contributed by atoms with Gasteiger partial charge in [0.1, 0.15) is 0 Å². The number of alkyl halides is 2. The first-order chi connectivity index (χ1) is 15.3. The van der Waals surface area contributed by atoms with E-state index in [-0.39, 0.29) is 18.1 Å². The molecule has 3 rings (SSSR count). The minimum absolute atomic E-state index is 0.0562. The van der Waals surface area contributed by atoms with Gasteiger partial charge in [-0.05, 0) is 36.4 Å². The molecule has 0 aliphatic carbocycles. The molecule has 170 valence electrons. The second-order valence-corrected chi connectivity index (χ2v) is 8.39. The standard InChI is InChI=1S/C20H20ClF2N5O3S/c21-14-2-5-16(6-3-14)28(20(31)27-7-9-32-10-8-27)12-15-4-1-13(11-24-15)18(29)25-26-19(30)17(22)23/h1-6,11,17H,7-10,12H2,(H,25,29)(H,26,30). The van der Waals surface area contributed by atoms with Gasteiger partial charge < -0.3 is 4.90 Å². The summed E-state index contributed by atoms with van der Waals surface area (Å²) in [5.41, 5.74) is 4.72. The number of nitrogens with zero attached hydrogens (tertiary/aromatic N) is 3. The highest BCUT2D eigenvalue weighted by Crippen LogP contribution is 2.23. The minimum atomic E-state index is -3.24. The summed E-state index contributed by atoms with van der Waals surface area (Å²) in [7, 11) is 0. The van der Waals surface area contributed by atoms with E-state index in [2.05, 4.69) is 4.98 Å². The van der Waals surface area contributed by atoms with Crippen molar-refractivity contribution in [3.05, 3.63) is 58.9 Å². The molecule has 0 bridgehead atoms. The molecule has 1 aliphatic heterocycles. The zero-order valence-corrected chi connectivity index (χ0v) is 18.3. The van der Waals surface area contributed by atoms with Crippen LogP contribution in [0.4, 0.5) is 19.3 Å². The maximum absolute atomic E-state index is 13.2. The fourth-order valence-electron chi connectivity index (χ4n) is 2.88. The van der Waals surface area contributed by atoms with E-state index in [1.54, 1.807) is 57.3 Å². The lowest BCUT2D eigenvalue weighted by molar-refractivity contribution is -0.132. The number of rotatable bonds is 5. The van der Waals surface area contributed by atoms with Crippen LogP contribution >= 0.6 is 23.4 Å². The van der Waals surface area contributed by atoms with Crippen molar-refractivity contribution in [2.24, 2.45) is 0 Å². The third-order valence-corrected chi connectivity index (χ3v) is 5.75. The number of carbonyl (C=O) groups is 3. The highest BCUT2D eigenvalue weighted by molar-refractivity contribution is 7.99. The molecule has 2 N–H and O–H groups in total. The molecule has 2 heterocycles. The second-order valence-electron chi connectivity index (χ2n) is 6.73. The van der Waals surface area contributed by atoms with E-state index in [9.17, 15) is 23.2 Å². The molecule has 0 radical (unpaired) electrons. The Morgan fingerprint density at radius 1 is 1.09 bits per heavy atom. The predicted octanol–water partition coefficient (Wildman–Crippen LogP) is 2.94. The van der Waals surface area contributed by atoms with Gasteiger partial charge in [-0.1, -0.05) is 11.6 Å². The average Bonchev–Trinajstić information content (AvgIpc) is 2.82. The third-order valence-electron chi connectivity index (χ3n) is 4.56. The lowest BCUT2D eigenvalue weighted by atomic mass is 10.2. The number of halogens is 3. The summed E-state index contributed by atoms with van der Waals surface area (Å²) in [5, 5.41) is 0.544. The number of hydrogen-bond acceptors (Lipinski definition) is 5. The number of amides is 4. The summed E-state index contributed by atoms with van der Waals surface area (Å²) in [4.78, 5) is 43.6. The molecule has 1 aliphatic rings. The first-order valence-corrected chi connectivity index (χ1v) is 11.1. The quantitative estimate of drug-likeness (QED) is 0.638. The monoisotopic (exact) mass is 483 g/mol. The van der Waals surface area contributed by atoms with Crippen LogP contribution in [0.2, 0.25) is 5.02 Å². The number of anilines is 1. The average molecular weight is 484 g/mol. The second kappa shape index (κ2) is 11.1. The smallest absolute Gasteiger partial charge is 0.323 e. The molecule has 0 spiro atoms. The maximum atomic E-state index is 13.2. The molecule has 32 heavy (non-hydrogen) atoms. The van der Waals surface area contributed by atoms with Crippen LogP contribution in [-0.4, -0.2) is 58.8 Å². The summed E-state index contributed by atoms with van der Waals surface area (Å²) in [6.45, 7) is 1.43. The lowest BCUT2D eigenvalue weighted by Crippen LogP contribution is -2.46. The van der Waals surface area contributed by atoms with Crippen molar-refractivity contribution in [2.45, 2.75) is 13.0 Å². The highest BCUT2D eigenvalue weighted by atomic mass is 35.5. The number of nitrogens with one attached hydrogen (secondary N) is 2. The molecule has 8 nitrogen and oxygen atoms in total. The van der Waals surface area contributed by atoms with Gasteiger partial charge in [-0.15, -0.1) is 0 Å². The molecule has 1 fully saturated rings. The Kier molecular flexibility index (Phi) is 8.23. The Balaban J connectivity index is 1.72. The summed E-state index contributed by atoms with van der Waals surface area (Å²) in [6.07, 6.45) is -2.01. The Bertz CT molecular complexity index is 957. The van der Waals surface area contributed by atoms with Crippen LogP contribution in [0.3, 0.4) is 0 Å². The van der Waals surface area contributed by atoms with E-state index < -0.39 is 18.2 Å². The van der Waals surface area contributed by atoms with Crippen LogP contribution in [0.5, 0.6) is 0 Å². The Hall–Kier alpha value is -2.92. The van der Waals surface area contributed by atoms with Gasteiger partial charge in [-0.25, -0.2) is 4.79 Å². The zero-order chi connectivity index (χ0) is 23.1. The van der Waals surface area contributed by atoms with Crippen LogP contribution in [0.25, 0.3) is 0 Å². The van der Waals surface area contributed by atoms with Crippen molar-refractivity contribution < 1.29 is 23.2 Å². The van der Waals surface area contributed by atoms with Gasteiger partial charge in [0.2, 0.25) is 0 Å². The van der Waals surface area contributed by atoms with Crippen molar-refractivity contribution in [3.8, 4) is 0 Å². The van der Waals surface area contributed by atoms with Gasteiger partial charge >= 0.3 is 18.4 Å². The van der Waals surface area contributed by atoms with E-state index in [0.717, 1.165) is 11.5 Å². The zero-order valence-electron chi connectivity index (χ0n) is 16.8. The minimum Gasteiger partial charge on any atom is -0.323 e. The number of pyridine rings is 1. The highest BCUT2D eigenvalue weighted by Gasteiger charge is 2.25. The van der Waals surface area contributed by atoms with Gasteiger partial charge in [-0.3, -0.25) is 30.3 Å². The molecule has 12 heteroatoms. The molecule has 0 saturated carbocycles. The Morgan fingerprint density at radius 2 is 1.78 bits per heavy atom. The van der Waals surface area contributed by atoms with Gasteiger partial charge in [-0.2, -0.15) is 20.5 Å². The number of urea groups is 1. The normalized spacial score (nSPS) is 13.6. The van der Waals surface area contributed by atoms with E-state index in [1.807, 2.05) is 5.43 Å². The third kappa shape index (κ3) is 6.30. The molecule has 1 aromatic carbocycles. The van der Waals surface area contributed by atoms with Crippen LogP contribution in [0.1, 0.15) is 16.1 Å². The van der Waals surface area contributed by atoms with Crippen LogP contribution < -0.4 is 15.8 Å². The fourth-order valence-corrected chi connectivity index (χ4v) is 3.90. The van der Waals surface area contributed by atoms with Crippen LogP contribution in [0.15, 0.2) is 42.6 Å². The Labute approximate surface area is 192 Å². The van der Waals surface area contributed by atoms with E-state index in [1.165, 1.54) is 12.3 Å². The molecule has 2 aromatic rings. The van der Waals surface area contributed by atoms with Crippen molar-refractivity contribution in [1.82, 2.24) is 20.7 Å². The largest absolute Gasteiger partial charge is 0.324 e. The number of carbonyl (C=O) groups excluding carboxylic acids is 3. The lowest BCUT2D eigenvalue weighted by Gasteiger charge is -2.32. The number of hydrogen-bond donors (Lipinski definition) is 2.